The molecule has 3 aromatic rings. The van der Waals surface area contributed by atoms with Crippen molar-refractivity contribution in [2.75, 3.05) is 19.6 Å². The topological polar surface area (TPSA) is 137 Å². The van der Waals surface area contributed by atoms with Crippen LogP contribution in [-0.2, 0) is 21.4 Å². The largest absolute Gasteiger partial charge is 0.384 e. The van der Waals surface area contributed by atoms with Crippen LogP contribution in [0.2, 0.25) is 0 Å². The molecule has 10 heteroatoms. The van der Waals surface area contributed by atoms with E-state index in [-0.39, 0.29) is 29.1 Å². The molecule has 204 valence electrons. The number of amides is 2. The molecule has 3 aromatic carbocycles. The van der Waals surface area contributed by atoms with E-state index >= 15 is 0 Å². The fraction of sp³-hybridized carbons (Fsp3) is 0.276. The maximum Gasteiger partial charge on any atom is 0.254 e. The van der Waals surface area contributed by atoms with Gasteiger partial charge in [-0.2, -0.15) is 0 Å². The summed E-state index contributed by atoms with van der Waals surface area (Å²) in [5.41, 5.74) is 7.84. The van der Waals surface area contributed by atoms with Gasteiger partial charge >= 0.3 is 0 Å². The second-order valence-electron chi connectivity index (χ2n) is 10.6. The summed E-state index contributed by atoms with van der Waals surface area (Å²) in [6.07, 6.45) is 0. The van der Waals surface area contributed by atoms with E-state index < -0.39 is 15.6 Å². The van der Waals surface area contributed by atoms with Crippen molar-refractivity contribution in [2.24, 2.45) is 5.73 Å². The standard InChI is InChI=1S/C29H33N5O4S/c1-29(2,3)32-39(37,38)25-10-5-4-9-24(25)22-7-6-8-23(17-22)28(36)34-16-15-33(26(35)19-34)18-20-11-13-21(14-12-20)27(30)31/h4-14,17,32H,15-16,18-19H2,1-3H3,(H3,30,31). The normalized spacial score (nSPS) is 14.4. The predicted molar refractivity (Wildman–Crippen MR) is 151 cm³/mol. The molecule has 0 spiro atoms. The molecule has 1 heterocycles. The van der Waals surface area contributed by atoms with E-state index in [1.165, 1.54) is 4.90 Å². The van der Waals surface area contributed by atoms with Crippen LogP contribution < -0.4 is 10.5 Å². The summed E-state index contributed by atoms with van der Waals surface area (Å²) in [5, 5.41) is 7.50. The van der Waals surface area contributed by atoms with Crippen LogP contribution in [-0.4, -0.2) is 61.0 Å². The molecule has 0 atom stereocenters. The Kier molecular flexibility index (Phi) is 7.89. The molecule has 4 N–H and O–H groups in total. The first-order chi connectivity index (χ1) is 18.3. The first-order valence-corrected chi connectivity index (χ1v) is 14.1. The monoisotopic (exact) mass is 547 g/mol. The Morgan fingerprint density at radius 3 is 2.31 bits per heavy atom. The van der Waals surface area contributed by atoms with Crippen molar-refractivity contribution >= 4 is 27.7 Å². The maximum atomic E-state index is 13.4. The number of nitrogens with one attached hydrogen (secondary N) is 2. The number of sulfonamides is 1. The van der Waals surface area contributed by atoms with Crippen molar-refractivity contribution in [3.63, 3.8) is 0 Å². The van der Waals surface area contributed by atoms with Crippen molar-refractivity contribution in [2.45, 2.75) is 37.8 Å². The van der Waals surface area contributed by atoms with E-state index in [9.17, 15) is 18.0 Å². The molecule has 0 aliphatic carbocycles. The molecule has 0 aromatic heterocycles. The Morgan fingerprint density at radius 2 is 1.67 bits per heavy atom. The van der Waals surface area contributed by atoms with Gasteiger partial charge in [-0.15, -0.1) is 0 Å². The Bertz CT molecular complexity index is 1510. The van der Waals surface area contributed by atoms with Crippen LogP contribution in [0.25, 0.3) is 11.1 Å². The molecule has 1 aliphatic heterocycles. The Balaban J connectivity index is 1.49. The van der Waals surface area contributed by atoms with Crippen molar-refractivity contribution in [1.82, 2.24) is 14.5 Å². The zero-order chi connectivity index (χ0) is 28.4. The van der Waals surface area contributed by atoms with Crippen LogP contribution in [0.4, 0.5) is 0 Å². The second kappa shape index (κ2) is 11.0. The van der Waals surface area contributed by atoms with Gasteiger partial charge in [0.15, 0.2) is 0 Å². The SMILES string of the molecule is CC(C)(C)NS(=O)(=O)c1ccccc1-c1cccc(C(=O)N2CCN(Cc3ccc(C(=N)N)cc3)C(=O)C2)c1. The Morgan fingerprint density at radius 1 is 0.974 bits per heavy atom. The van der Waals surface area contributed by atoms with Crippen molar-refractivity contribution in [3.05, 3.63) is 89.5 Å². The smallest absolute Gasteiger partial charge is 0.254 e. The highest BCUT2D eigenvalue weighted by Gasteiger charge is 2.29. The molecule has 0 bridgehead atoms. The number of rotatable bonds is 7. The third-order valence-corrected chi connectivity index (χ3v) is 8.10. The summed E-state index contributed by atoms with van der Waals surface area (Å²) in [6.45, 7) is 6.45. The number of hydrogen-bond donors (Lipinski definition) is 3. The highest BCUT2D eigenvalue weighted by atomic mass is 32.2. The third-order valence-electron chi connectivity index (χ3n) is 6.28. The van der Waals surface area contributed by atoms with Gasteiger partial charge in [-0.05, 0) is 50.1 Å². The molecule has 39 heavy (non-hydrogen) atoms. The van der Waals surface area contributed by atoms with Crippen molar-refractivity contribution < 1.29 is 18.0 Å². The van der Waals surface area contributed by atoms with Crippen LogP contribution in [0.3, 0.4) is 0 Å². The number of piperazine rings is 1. The van der Waals surface area contributed by atoms with Crippen LogP contribution in [0, 0.1) is 5.41 Å². The van der Waals surface area contributed by atoms with Crippen LogP contribution in [0.15, 0.2) is 77.7 Å². The van der Waals surface area contributed by atoms with Crippen LogP contribution in [0.1, 0.15) is 42.3 Å². The van der Waals surface area contributed by atoms with E-state index in [0.29, 0.717) is 41.9 Å². The van der Waals surface area contributed by atoms with Gasteiger partial charge < -0.3 is 15.5 Å². The average molecular weight is 548 g/mol. The second-order valence-corrected chi connectivity index (χ2v) is 12.2. The number of hydrogen-bond acceptors (Lipinski definition) is 5. The van der Waals surface area contributed by atoms with Gasteiger partial charge in [0.25, 0.3) is 5.91 Å². The van der Waals surface area contributed by atoms with E-state index in [2.05, 4.69) is 4.72 Å². The molecule has 1 aliphatic rings. The summed E-state index contributed by atoms with van der Waals surface area (Å²) >= 11 is 0. The van der Waals surface area contributed by atoms with Crippen molar-refractivity contribution in [3.8, 4) is 11.1 Å². The van der Waals surface area contributed by atoms with Crippen LogP contribution in [0.5, 0.6) is 0 Å². The quantitative estimate of drug-likeness (QED) is 0.308. The third kappa shape index (κ3) is 6.71. The summed E-state index contributed by atoms with van der Waals surface area (Å²) in [5.74, 6) is -0.463. The lowest BCUT2D eigenvalue weighted by atomic mass is 10.0. The number of carbonyl (C=O) groups excluding carboxylic acids is 2. The number of amidine groups is 1. The number of benzene rings is 3. The van der Waals surface area contributed by atoms with E-state index in [1.54, 1.807) is 86.3 Å². The molecule has 0 unspecified atom stereocenters. The maximum absolute atomic E-state index is 13.4. The van der Waals surface area contributed by atoms with Gasteiger partial charge in [0.1, 0.15) is 12.4 Å². The summed E-state index contributed by atoms with van der Waals surface area (Å²) in [6, 6.07) is 20.7. The van der Waals surface area contributed by atoms with E-state index in [0.717, 1.165) is 5.56 Å². The summed E-state index contributed by atoms with van der Waals surface area (Å²) in [4.78, 5) is 29.6. The molecule has 9 nitrogen and oxygen atoms in total. The minimum absolute atomic E-state index is 0.0134. The van der Waals surface area contributed by atoms with Gasteiger partial charge in [-0.3, -0.25) is 15.0 Å². The Hall–Kier alpha value is -4.02. The number of nitrogens with zero attached hydrogens (tertiary/aromatic N) is 2. The number of nitrogen functional groups attached to an aromatic ring is 1. The first kappa shape index (κ1) is 28.0. The zero-order valence-corrected chi connectivity index (χ0v) is 23.1. The fourth-order valence-electron chi connectivity index (χ4n) is 4.46. The number of nitrogens with two attached hydrogens (primary N) is 1. The molecule has 1 saturated heterocycles. The van der Waals surface area contributed by atoms with E-state index in [1.807, 2.05) is 12.1 Å². The molecule has 4 rings (SSSR count). The van der Waals surface area contributed by atoms with Gasteiger partial charge in [0.2, 0.25) is 15.9 Å². The Labute approximate surface area is 229 Å². The van der Waals surface area contributed by atoms with Gasteiger partial charge in [-0.1, -0.05) is 54.6 Å². The van der Waals surface area contributed by atoms with Gasteiger partial charge in [-0.25, -0.2) is 13.1 Å². The van der Waals surface area contributed by atoms with Gasteiger partial charge in [0.05, 0.1) is 4.90 Å². The summed E-state index contributed by atoms with van der Waals surface area (Å²) < 4.78 is 28.9. The lowest BCUT2D eigenvalue weighted by Crippen LogP contribution is -2.51. The van der Waals surface area contributed by atoms with Gasteiger partial charge in [0, 0.05) is 41.9 Å². The molecular weight excluding hydrogens is 514 g/mol. The minimum Gasteiger partial charge on any atom is -0.384 e. The predicted octanol–water partition coefficient (Wildman–Crippen LogP) is 3.20. The lowest BCUT2D eigenvalue weighted by Gasteiger charge is -2.34. The molecule has 0 radical (unpaired) electrons. The first-order valence-electron chi connectivity index (χ1n) is 12.6. The molecule has 1 fully saturated rings. The van der Waals surface area contributed by atoms with Crippen molar-refractivity contribution in [1.29, 1.82) is 5.41 Å². The highest BCUT2D eigenvalue weighted by molar-refractivity contribution is 7.89. The molecule has 2 amide bonds. The highest BCUT2D eigenvalue weighted by Crippen LogP contribution is 2.29. The van der Waals surface area contributed by atoms with E-state index in [4.69, 9.17) is 11.1 Å². The van der Waals surface area contributed by atoms with Crippen LogP contribution >= 0.6 is 0 Å². The average Bonchev–Trinajstić information content (AvgIpc) is 2.88. The summed E-state index contributed by atoms with van der Waals surface area (Å²) in [7, 11) is -3.81. The fourth-order valence-corrected chi connectivity index (χ4v) is 6.11. The number of carbonyl (C=O) groups is 2. The minimum atomic E-state index is -3.81. The molecule has 0 saturated carbocycles. The lowest BCUT2D eigenvalue weighted by molar-refractivity contribution is -0.135. The molecular formula is C29H33N5O4S. The zero-order valence-electron chi connectivity index (χ0n) is 22.3.